The second-order valence-corrected chi connectivity index (χ2v) is 3.07. The lowest BCUT2D eigenvalue weighted by molar-refractivity contribution is 0.453. The summed E-state index contributed by atoms with van der Waals surface area (Å²) in [6, 6.07) is 7.85. The van der Waals surface area contributed by atoms with E-state index < -0.39 is 0 Å². The maximum atomic E-state index is 8.36. The topological polar surface area (TPSA) is 29.5 Å². The lowest BCUT2D eigenvalue weighted by Gasteiger charge is -2.02. The molecular formula is C9H10BO2. The summed E-state index contributed by atoms with van der Waals surface area (Å²) in [5, 5.41) is 8.36. The van der Waals surface area contributed by atoms with Gasteiger partial charge in [0.05, 0.1) is 5.75 Å². The van der Waals surface area contributed by atoms with E-state index in [1.807, 2.05) is 12.1 Å². The van der Waals surface area contributed by atoms with Crippen LogP contribution >= 0.6 is 0 Å². The van der Waals surface area contributed by atoms with Crippen molar-refractivity contribution in [1.82, 2.24) is 0 Å². The molecule has 0 saturated heterocycles. The number of rotatable bonds is 3. The van der Waals surface area contributed by atoms with E-state index in [1.54, 1.807) is 0 Å². The maximum Gasteiger partial charge on any atom is 0.569 e. The highest BCUT2D eigenvalue weighted by Crippen LogP contribution is 2.40. The highest BCUT2D eigenvalue weighted by molar-refractivity contribution is 6.17. The van der Waals surface area contributed by atoms with E-state index >= 15 is 0 Å². The molecule has 3 heteroatoms. The Bertz CT molecular complexity index is 254. The second-order valence-electron chi connectivity index (χ2n) is 3.07. The van der Waals surface area contributed by atoms with Crippen LogP contribution in [0.5, 0.6) is 5.75 Å². The molecule has 0 unspecified atom stereocenters. The molecule has 61 valence electrons. The number of hydrogen-bond donors (Lipinski definition) is 1. The van der Waals surface area contributed by atoms with Crippen LogP contribution in [-0.4, -0.2) is 12.7 Å². The van der Waals surface area contributed by atoms with Crippen LogP contribution in [0.4, 0.5) is 0 Å². The average Bonchev–Trinajstić information content (AvgIpc) is 2.89. The molecule has 1 aromatic rings. The van der Waals surface area contributed by atoms with Crippen molar-refractivity contribution in [3.63, 3.8) is 0 Å². The summed E-state index contributed by atoms with van der Waals surface area (Å²) in [5.41, 5.74) is 1.38. The van der Waals surface area contributed by atoms with Crippen LogP contribution in [0.25, 0.3) is 0 Å². The normalized spacial score (nSPS) is 15.8. The molecule has 0 heterocycles. The zero-order valence-electron chi connectivity index (χ0n) is 6.73. The van der Waals surface area contributed by atoms with Gasteiger partial charge in [0, 0.05) is 0 Å². The fourth-order valence-corrected chi connectivity index (χ4v) is 1.30. The molecule has 1 fully saturated rings. The van der Waals surface area contributed by atoms with Crippen LogP contribution in [0.1, 0.15) is 24.3 Å². The minimum atomic E-state index is 0.682. The van der Waals surface area contributed by atoms with E-state index in [0.29, 0.717) is 13.4 Å². The summed E-state index contributed by atoms with van der Waals surface area (Å²) >= 11 is 0. The van der Waals surface area contributed by atoms with Gasteiger partial charge in [0.2, 0.25) is 0 Å². The van der Waals surface area contributed by atoms with Gasteiger partial charge in [-0.2, -0.15) is 0 Å². The van der Waals surface area contributed by atoms with E-state index in [9.17, 15) is 0 Å². The predicted molar refractivity (Wildman–Crippen MR) is 47.0 cm³/mol. The molecule has 0 aromatic heterocycles. The molecule has 0 atom stereocenters. The molecule has 1 aliphatic carbocycles. The molecule has 12 heavy (non-hydrogen) atoms. The first-order chi connectivity index (χ1) is 5.90. The summed E-state index contributed by atoms with van der Waals surface area (Å²) in [6.07, 6.45) is 2.62. The molecule has 0 amide bonds. The van der Waals surface area contributed by atoms with Crippen molar-refractivity contribution in [3.8, 4) is 5.75 Å². The van der Waals surface area contributed by atoms with Gasteiger partial charge >= 0.3 is 7.69 Å². The van der Waals surface area contributed by atoms with Gasteiger partial charge in [-0.05, 0) is 36.5 Å². The van der Waals surface area contributed by atoms with Crippen molar-refractivity contribution in [3.05, 3.63) is 29.8 Å². The van der Waals surface area contributed by atoms with E-state index in [2.05, 4.69) is 12.1 Å². The largest absolute Gasteiger partial charge is 0.569 e. The first kappa shape index (κ1) is 7.68. The van der Waals surface area contributed by atoms with Crippen LogP contribution in [0.15, 0.2) is 24.3 Å². The maximum absolute atomic E-state index is 8.36. The van der Waals surface area contributed by atoms with Crippen molar-refractivity contribution in [2.45, 2.75) is 18.8 Å². The van der Waals surface area contributed by atoms with Crippen LogP contribution in [-0.2, 0) is 0 Å². The summed E-state index contributed by atoms with van der Waals surface area (Å²) in [7, 11) is 0.701. The third-order valence-corrected chi connectivity index (χ3v) is 2.12. The van der Waals surface area contributed by atoms with E-state index in [-0.39, 0.29) is 0 Å². The lowest BCUT2D eigenvalue weighted by Crippen LogP contribution is -1.99. The van der Waals surface area contributed by atoms with Gasteiger partial charge in [0.1, 0.15) is 0 Å². The quantitative estimate of drug-likeness (QED) is 0.680. The third-order valence-electron chi connectivity index (χ3n) is 2.12. The molecule has 2 rings (SSSR count). The average molecular weight is 161 g/mol. The Morgan fingerprint density at radius 1 is 1.25 bits per heavy atom. The Hall–Kier alpha value is -0.955. The van der Waals surface area contributed by atoms with Gasteiger partial charge in [-0.25, -0.2) is 0 Å². The van der Waals surface area contributed by atoms with Gasteiger partial charge in [-0.15, -0.1) is 0 Å². The Morgan fingerprint density at radius 2 is 1.92 bits per heavy atom. The van der Waals surface area contributed by atoms with Crippen LogP contribution in [0.3, 0.4) is 0 Å². The molecule has 0 spiro atoms. The van der Waals surface area contributed by atoms with Gasteiger partial charge < -0.3 is 9.68 Å². The minimum absolute atomic E-state index is 0.682. The first-order valence-electron chi connectivity index (χ1n) is 4.12. The van der Waals surface area contributed by atoms with Crippen LogP contribution < -0.4 is 4.65 Å². The van der Waals surface area contributed by atoms with Crippen molar-refractivity contribution in [2.75, 3.05) is 0 Å². The zero-order chi connectivity index (χ0) is 8.39. The molecule has 0 bridgehead atoms. The summed E-state index contributed by atoms with van der Waals surface area (Å²) in [6.45, 7) is 0. The number of hydrogen-bond acceptors (Lipinski definition) is 2. The standard InChI is InChI=1S/C9H10BO2/c11-10-12-9-5-3-8(4-6-9)7-1-2-7/h3-7,11H,1-2H2. The molecular weight excluding hydrogens is 151 g/mol. The van der Waals surface area contributed by atoms with Crippen molar-refractivity contribution < 1.29 is 9.68 Å². The Labute approximate surface area is 72.5 Å². The summed E-state index contributed by atoms with van der Waals surface area (Å²) in [4.78, 5) is 0. The molecule has 2 nitrogen and oxygen atoms in total. The lowest BCUT2D eigenvalue weighted by atomic mass is 10.1. The summed E-state index contributed by atoms with van der Waals surface area (Å²) in [5.74, 6) is 1.46. The fourth-order valence-electron chi connectivity index (χ4n) is 1.30. The molecule has 1 N–H and O–H groups in total. The van der Waals surface area contributed by atoms with Crippen LogP contribution in [0, 0.1) is 0 Å². The SMILES string of the molecule is O[B]Oc1ccc(C2CC2)cc1. The highest BCUT2D eigenvalue weighted by atomic mass is 16.5. The van der Waals surface area contributed by atoms with Crippen molar-refractivity contribution >= 4 is 7.69 Å². The molecule has 0 aliphatic heterocycles. The van der Waals surface area contributed by atoms with Gasteiger partial charge in [-0.1, -0.05) is 12.1 Å². The molecule has 1 aromatic carbocycles. The molecule has 1 saturated carbocycles. The van der Waals surface area contributed by atoms with Crippen molar-refractivity contribution in [1.29, 1.82) is 0 Å². The van der Waals surface area contributed by atoms with Gasteiger partial charge in [0.15, 0.2) is 0 Å². The third kappa shape index (κ3) is 1.61. The first-order valence-corrected chi connectivity index (χ1v) is 4.12. The smallest absolute Gasteiger partial charge is 0.537 e. The molecule has 1 aliphatic rings. The Morgan fingerprint density at radius 3 is 2.42 bits per heavy atom. The Balaban J connectivity index is 2.08. The fraction of sp³-hybridized carbons (Fsp3) is 0.333. The van der Waals surface area contributed by atoms with Crippen LogP contribution in [0.2, 0.25) is 0 Å². The Kier molecular flexibility index (Phi) is 2.04. The van der Waals surface area contributed by atoms with E-state index in [1.165, 1.54) is 18.4 Å². The molecule has 1 radical (unpaired) electrons. The van der Waals surface area contributed by atoms with E-state index in [0.717, 1.165) is 5.92 Å². The second kappa shape index (κ2) is 3.19. The van der Waals surface area contributed by atoms with Gasteiger partial charge in [-0.3, -0.25) is 0 Å². The predicted octanol–water partition coefficient (Wildman–Crippen LogP) is 1.47. The highest BCUT2D eigenvalue weighted by Gasteiger charge is 2.22. The summed E-state index contributed by atoms with van der Waals surface area (Å²) < 4.78 is 4.79. The minimum Gasteiger partial charge on any atom is -0.537 e. The monoisotopic (exact) mass is 161 g/mol. The number of benzene rings is 1. The van der Waals surface area contributed by atoms with Gasteiger partial charge in [0.25, 0.3) is 0 Å². The zero-order valence-corrected chi connectivity index (χ0v) is 6.73. The van der Waals surface area contributed by atoms with Crippen molar-refractivity contribution in [2.24, 2.45) is 0 Å². The van der Waals surface area contributed by atoms with E-state index in [4.69, 9.17) is 9.68 Å².